The number of primary amides is 1. The third kappa shape index (κ3) is 6.45. The number of hydrogen-bond donors (Lipinski definition) is 2. The van der Waals surface area contributed by atoms with Gasteiger partial charge in [0.25, 0.3) is 5.91 Å². The van der Waals surface area contributed by atoms with Gasteiger partial charge in [-0.1, -0.05) is 30.3 Å². The monoisotopic (exact) mass is 440 g/mol. The van der Waals surface area contributed by atoms with E-state index in [0.717, 1.165) is 5.56 Å². The van der Waals surface area contributed by atoms with Crippen LogP contribution in [0.4, 0.5) is 10.5 Å². The molecule has 32 heavy (non-hydrogen) atoms. The molecule has 0 radical (unpaired) electrons. The van der Waals surface area contributed by atoms with Gasteiger partial charge in [-0.25, -0.2) is 4.79 Å². The van der Waals surface area contributed by atoms with Gasteiger partial charge >= 0.3 is 6.09 Å². The number of anilines is 1. The van der Waals surface area contributed by atoms with Crippen LogP contribution in [0.15, 0.2) is 48.5 Å². The maximum Gasteiger partial charge on any atom is 0.410 e. The lowest BCUT2D eigenvalue weighted by atomic mass is 10.1. The highest BCUT2D eigenvalue weighted by atomic mass is 16.6. The Hall–Kier alpha value is -3.59. The fraction of sp³-hybridized carbons (Fsp3) is 0.348. The quantitative estimate of drug-likeness (QED) is 0.650. The predicted octanol–water partition coefficient (Wildman–Crippen LogP) is 2.08. The summed E-state index contributed by atoms with van der Waals surface area (Å²) in [4.78, 5) is 40.1. The fourth-order valence-corrected chi connectivity index (χ4v) is 3.38. The summed E-state index contributed by atoms with van der Waals surface area (Å²) in [6.07, 6.45) is -0.363. The molecule has 0 aromatic heterocycles. The molecule has 0 spiro atoms. The molecule has 3 rings (SSSR count). The van der Waals surface area contributed by atoms with Crippen LogP contribution in [-0.4, -0.2) is 67.0 Å². The summed E-state index contributed by atoms with van der Waals surface area (Å²) in [6.45, 7) is 4.68. The minimum absolute atomic E-state index is 0.137. The van der Waals surface area contributed by atoms with E-state index >= 15 is 0 Å². The second kappa shape index (κ2) is 11.1. The molecule has 0 bridgehead atoms. The van der Waals surface area contributed by atoms with Crippen molar-refractivity contribution >= 4 is 23.6 Å². The number of benzene rings is 2. The zero-order valence-corrected chi connectivity index (χ0v) is 18.1. The van der Waals surface area contributed by atoms with Crippen LogP contribution < -0.4 is 15.8 Å². The number of nitrogens with one attached hydrogen (secondary N) is 1. The molecule has 170 valence electrons. The van der Waals surface area contributed by atoms with Crippen LogP contribution in [0, 0.1) is 0 Å². The van der Waals surface area contributed by atoms with Gasteiger partial charge in [0, 0.05) is 26.2 Å². The molecule has 2 aromatic rings. The van der Waals surface area contributed by atoms with E-state index in [9.17, 15) is 14.4 Å². The van der Waals surface area contributed by atoms with Crippen LogP contribution in [-0.2, 0) is 16.1 Å². The summed E-state index contributed by atoms with van der Waals surface area (Å²) in [5.74, 6) is -0.407. The van der Waals surface area contributed by atoms with Crippen molar-refractivity contribution in [2.24, 2.45) is 5.73 Å². The van der Waals surface area contributed by atoms with Crippen LogP contribution in [0.3, 0.4) is 0 Å². The Labute approximate surface area is 187 Å². The van der Waals surface area contributed by atoms with Gasteiger partial charge in [-0.15, -0.1) is 0 Å². The summed E-state index contributed by atoms with van der Waals surface area (Å²) in [5, 5.41) is 2.74. The van der Waals surface area contributed by atoms with Gasteiger partial charge in [-0.05, 0) is 30.7 Å². The van der Waals surface area contributed by atoms with Crippen molar-refractivity contribution in [2.75, 3.05) is 44.6 Å². The molecule has 0 atom stereocenters. The number of carbonyl (C=O) groups excluding carboxylic acids is 3. The molecule has 1 fully saturated rings. The van der Waals surface area contributed by atoms with Gasteiger partial charge in [0.1, 0.15) is 12.4 Å². The zero-order chi connectivity index (χ0) is 22.9. The van der Waals surface area contributed by atoms with Crippen molar-refractivity contribution in [1.82, 2.24) is 9.80 Å². The van der Waals surface area contributed by atoms with E-state index in [1.807, 2.05) is 42.2 Å². The molecule has 3 amide bonds. The van der Waals surface area contributed by atoms with E-state index in [1.165, 1.54) is 6.07 Å². The lowest BCUT2D eigenvalue weighted by Gasteiger charge is -2.33. The van der Waals surface area contributed by atoms with Crippen molar-refractivity contribution in [2.45, 2.75) is 13.5 Å². The number of nitrogens with zero attached hydrogens (tertiary/aromatic N) is 2. The summed E-state index contributed by atoms with van der Waals surface area (Å²) in [6, 6.07) is 14.3. The second-order valence-electron chi connectivity index (χ2n) is 7.36. The van der Waals surface area contributed by atoms with Gasteiger partial charge in [-0.2, -0.15) is 0 Å². The lowest BCUT2D eigenvalue weighted by Crippen LogP contribution is -2.50. The van der Waals surface area contributed by atoms with Gasteiger partial charge in [-0.3, -0.25) is 14.5 Å². The highest BCUT2D eigenvalue weighted by molar-refractivity contribution is 6.03. The summed E-state index contributed by atoms with van der Waals surface area (Å²) in [7, 11) is 0. The van der Waals surface area contributed by atoms with Crippen LogP contribution in [0.25, 0.3) is 0 Å². The Morgan fingerprint density at radius 1 is 1.03 bits per heavy atom. The number of rotatable bonds is 8. The standard InChI is InChI=1S/C23H28N4O5/c1-2-31-18-8-9-20(19(14-18)22(24)29)25-21(28)15-26-10-12-27(13-11-26)23(30)32-16-17-6-4-3-5-7-17/h3-9,14H,2,10-13,15-16H2,1H3,(H2,24,29)(H,25,28). The molecular formula is C23H28N4O5. The van der Waals surface area contributed by atoms with Gasteiger partial charge in [0.2, 0.25) is 5.91 Å². The highest BCUT2D eigenvalue weighted by Crippen LogP contribution is 2.22. The molecule has 0 aliphatic carbocycles. The molecule has 9 nitrogen and oxygen atoms in total. The molecule has 3 N–H and O–H groups in total. The van der Waals surface area contributed by atoms with Crippen LogP contribution in [0.5, 0.6) is 5.75 Å². The van der Waals surface area contributed by atoms with E-state index in [1.54, 1.807) is 17.0 Å². The number of piperazine rings is 1. The first kappa shape index (κ1) is 23.1. The highest BCUT2D eigenvalue weighted by Gasteiger charge is 2.24. The van der Waals surface area contributed by atoms with E-state index in [-0.39, 0.29) is 30.7 Å². The minimum atomic E-state index is -0.649. The van der Waals surface area contributed by atoms with Crippen molar-refractivity contribution in [3.63, 3.8) is 0 Å². The smallest absolute Gasteiger partial charge is 0.410 e. The molecule has 1 saturated heterocycles. The summed E-state index contributed by atoms with van der Waals surface area (Å²) >= 11 is 0. The number of amides is 3. The molecule has 0 unspecified atom stereocenters. The third-order valence-corrected chi connectivity index (χ3v) is 5.04. The van der Waals surface area contributed by atoms with Crippen molar-refractivity contribution in [3.05, 3.63) is 59.7 Å². The molecule has 2 aromatic carbocycles. The van der Waals surface area contributed by atoms with E-state index in [0.29, 0.717) is 44.2 Å². The number of nitrogens with two attached hydrogens (primary N) is 1. The zero-order valence-electron chi connectivity index (χ0n) is 18.1. The topological polar surface area (TPSA) is 114 Å². The Balaban J connectivity index is 1.46. The molecular weight excluding hydrogens is 412 g/mol. The number of ether oxygens (including phenoxy) is 2. The van der Waals surface area contributed by atoms with E-state index in [2.05, 4.69) is 5.32 Å². The van der Waals surface area contributed by atoms with Gasteiger partial charge in [0.15, 0.2) is 0 Å². The number of hydrogen-bond acceptors (Lipinski definition) is 6. The first-order valence-corrected chi connectivity index (χ1v) is 10.5. The second-order valence-corrected chi connectivity index (χ2v) is 7.36. The molecule has 0 saturated carbocycles. The summed E-state index contributed by atoms with van der Waals surface area (Å²) in [5.41, 5.74) is 6.90. The molecule has 1 aliphatic rings. The van der Waals surface area contributed by atoms with Crippen molar-refractivity contribution in [3.8, 4) is 5.75 Å². The largest absolute Gasteiger partial charge is 0.494 e. The fourth-order valence-electron chi connectivity index (χ4n) is 3.38. The SMILES string of the molecule is CCOc1ccc(NC(=O)CN2CCN(C(=O)OCc3ccccc3)CC2)c(C(N)=O)c1. The van der Waals surface area contributed by atoms with Crippen molar-refractivity contribution in [1.29, 1.82) is 0 Å². The summed E-state index contributed by atoms with van der Waals surface area (Å²) < 4.78 is 10.7. The average Bonchev–Trinajstić information content (AvgIpc) is 2.79. The molecule has 1 heterocycles. The number of carbonyl (C=O) groups is 3. The maximum absolute atomic E-state index is 12.5. The molecule has 9 heteroatoms. The normalized spacial score (nSPS) is 14.0. The Bertz CT molecular complexity index is 943. The van der Waals surface area contributed by atoms with Gasteiger partial charge < -0.3 is 25.4 Å². The van der Waals surface area contributed by atoms with Crippen molar-refractivity contribution < 1.29 is 23.9 Å². The Morgan fingerprint density at radius 2 is 1.75 bits per heavy atom. The third-order valence-electron chi connectivity index (χ3n) is 5.04. The van der Waals surface area contributed by atoms with Gasteiger partial charge in [0.05, 0.1) is 24.4 Å². The molecule has 1 aliphatic heterocycles. The first-order valence-electron chi connectivity index (χ1n) is 10.5. The Kier molecular flexibility index (Phi) is 8.04. The van der Waals surface area contributed by atoms with Crippen LogP contribution >= 0.6 is 0 Å². The lowest BCUT2D eigenvalue weighted by molar-refractivity contribution is -0.117. The van der Waals surface area contributed by atoms with Crippen LogP contribution in [0.1, 0.15) is 22.8 Å². The minimum Gasteiger partial charge on any atom is -0.494 e. The average molecular weight is 441 g/mol. The predicted molar refractivity (Wildman–Crippen MR) is 119 cm³/mol. The first-order chi connectivity index (χ1) is 15.5. The van der Waals surface area contributed by atoms with E-state index < -0.39 is 5.91 Å². The van der Waals surface area contributed by atoms with E-state index in [4.69, 9.17) is 15.2 Å². The Morgan fingerprint density at radius 3 is 2.41 bits per heavy atom. The maximum atomic E-state index is 12.5. The van der Waals surface area contributed by atoms with Crippen LogP contribution in [0.2, 0.25) is 0 Å².